The number of hydrogen-bond donors (Lipinski definition) is 1. The maximum absolute atomic E-state index is 6.05. The number of hydrogen-bond acceptors (Lipinski definition) is 2. The van der Waals surface area contributed by atoms with Gasteiger partial charge in [0.2, 0.25) is 0 Å². The van der Waals surface area contributed by atoms with Crippen LogP contribution in [0.2, 0.25) is 5.02 Å². The van der Waals surface area contributed by atoms with Crippen molar-refractivity contribution in [2.75, 3.05) is 6.61 Å². The van der Waals surface area contributed by atoms with Gasteiger partial charge in [0.1, 0.15) is 5.75 Å². The van der Waals surface area contributed by atoms with E-state index in [4.69, 9.17) is 22.1 Å². The Balaban J connectivity index is 2.57. The third kappa shape index (κ3) is 1.76. The Hall–Kier alpha value is -0.250. The van der Waals surface area contributed by atoms with Crippen LogP contribution < -0.4 is 10.5 Å². The van der Waals surface area contributed by atoms with E-state index < -0.39 is 0 Å². The molecule has 2 N–H and O–H groups in total. The fourth-order valence-electron chi connectivity index (χ4n) is 1.66. The fraction of sp³-hybridized carbons (Fsp3) is 0.400. The van der Waals surface area contributed by atoms with Gasteiger partial charge in [-0.05, 0) is 25.0 Å². The summed E-state index contributed by atoms with van der Waals surface area (Å²) in [5, 5.41) is 0.639. The predicted molar refractivity (Wildman–Crippen MR) is 60.8 cm³/mol. The molecule has 0 spiro atoms. The van der Waals surface area contributed by atoms with Crippen molar-refractivity contribution >= 4 is 27.5 Å². The first-order chi connectivity index (χ1) is 6.70. The number of halogens is 2. The summed E-state index contributed by atoms with van der Waals surface area (Å²) in [5.41, 5.74) is 7.04. The average molecular weight is 277 g/mol. The Kier molecular flexibility index (Phi) is 3.00. The van der Waals surface area contributed by atoms with Crippen LogP contribution in [0.5, 0.6) is 5.75 Å². The highest BCUT2D eigenvalue weighted by molar-refractivity contribution is 9.10. The Morgan fingerprint density at radius 1 is 1.50 bits per heavy atom. The molecule has 1 aliphatic heterocycles. The van der Waals surface area contributed by atoms with E-state index in [1.54, 1.807) is 0 Å². The summed E-state index contributed by atoms with van der Waals surface area (Å²) in [6.45, 7) is 0.691. The van der Waals surface area contributed by atoms with Crippen LogP contribution in [0.4, 0.5) is 0 Å². The lowest BCUT2D eigenvalue weighted by molar-refractivity contribution is 0.316. The van der Waals surface area contributed by atoms with Crippen LogP contribution in [-0.4, -0.2) is 6.61 Å². The second-order valence-electron chi connectivity index (χ2n) is 3.37. The van der Waals surface area contributed by atoms with Gasteiger partial charge in [0, 0.05) is 16.1 Å². The molecule has 0 unspecified atom stereocenters. The molecule has 14 heavy (non-hydrogen) atoms. The molecule has 1 aromatic carbocycles. The average Bonchev–Trinajstić information content (AvgIpc) is 2.35. The molecule has 0 aliphatic carbocycles. The second-order valence-corrected chi connectivity index (χ2v) is 4.63. The number of nitrogens with two attached hydrogens (primary N) is 1. The van der Waals surface area contributed by atoms with Crippen LogP contribution in [0.15, 0.2) is 16.6 Å². The van der Waals surface area contributed by atoms with E-state index in [0.717, 1.165) is 28.6 Å². The molecule has 2 rings (SSSR count). The van der Waals surface area contributed by atoms with Crippen molar-refractivity contribution in [3.8, 4) is 5.75 Å². The van der Waals surface area contributed by atoms with E-state index in [9.17, 15) is 0 Å². The summed E-state index contributed by atoms with van der Waals surface area (Å²) in [4.78, 5) is 0. The Morgan fingerprint density at radius 3 is 3.07 bits per heavy atom. The van der Waals surface area contributed by atoms with Crippen molar-refractivity contribution in [2.24, 2.45) is 5.73 Å². The van der Waals surface area contributed by atoms with Crippen molar-refractivity contribution < 1.29 is 4.74 Å². The Bertz CT molecular complexity index is 356. The molecule has 1 heterocycles. The van der Waals surface area contributed by atoms with E-state index >= 15 is 0 Å². The standard InChI is InChI=1S/C10H11BrClNO/c11-6-3-4-7(12)10-9(6)8(13)2-1-5-14-10/h3-4,8H,1-2,5,13H2/t8-/m1/s1. The largest absolute Gasteiger partial charge is 0.492 e. The van der Waals surface area contributed by atoms with E-state index in [1.165, 1.54) is 0 Å². The lowest BCUT2D eigenvalue weighted by atomic mass is 10.0. The minimum Gasteiger partial charge on any atom is -0.492 e. The number of rotatable bonds is 0. The molecule has 1 atom stereocenters. The van der Waals surface area contributed by atoms with Gasteiger partial charge >= 0.3 is 0 Å². The molecule has 1 aliphatic rings. The van der Waals surface area contributed by atoms with E-state index in [1.807, 2.05) is 12.1 Å². The summed E-state index contributed by atoms with van der Waals surface area (Å²) in [7, 11) is 0. The first-order valence-electron chi connectivity index (χ1n) is 4.56. The third-order valence-electron chi connectivity index (χ3n) is 2.37. The van der Waals surface area contributed by atoms with Crippen molar-refractivity contribution in [3.63, 3.8) is 0 Å². The van der Waals surface area contributed by atoms with Gasteiger partial charge in [-0.3, -0.25) is 0 Å². The SMILES string of the molecule is N[C@@H]1CCCOc2c(Cl)ccc(Br)c21. The van der Waals surface area contributed by atoms with Crippen LogP contribution in [0.25, 0.3) is 0 Å². The van der Waals surface area contributed by atoms with Gasteiger partial charge in [-0.1, -0.05) is 27.5 Å². The molecule has 0 radical (unpaired) electrons. The smallest absolute Gasteiger partial charge is 0.143 e. The number of benzene rings is 1. The number of ether oxygens (including phenoxy) is 1. The molecule has 1 aromatic rings. The summed E-state index contributed by atoms with van der Waals surface area (Å²) in [5.74, 6) is 0.742. The summed E-state index contributed by atoms with van der Waals surface area (Å²) < 4.78 is 6.57. The van der Waals surface area contributed by atoms with E-state index in [-0.39, 0.29) is 6.04 Å². The quantitative estimate of drug-likeness (QED) is 0.789. The van der Waals surface area contributed by atoms with Crippen LogP contribution in [0.3, 0.4) is 0 Å². The monoisotopic (exact) mass is 275 g/mol. The molecule has 4 heteroatoms. The minimum atomic E-state index is 0.0144. The van der Waals surface area contributed by atoms with Crippen LogP contribution in [0.1, 0.15) is 24.4 Å². The first kappa shape index (κ1) is 10.3. The maximum atomic E-state index is 6.05. The maximum Gasteiger partial charge on any atom is 0.143 e. The topological polar surface area (TPSA) is 35.2 Å². The summed E-state index contributed by atoms with van der Waals surface area (Å²) in [6, 6.07) is 3.75. The van der Waals surface area contributed by atoms with E-state index in [2.05, 4.69) is 15.9 Å². The van der Waals surface area contributed by atoms with Gasteiger partial charge in [-0.2, -0.15) is 0 Å². The van der Waals surface area contributed by atoms with E-state index in [0.29, 0.717) is 11.6 Å². The first-order valence-corrected chi connectivity index (χ1v) is 5.73. The highest BCUT2D eigenvalue weighted by atomic mass is 79.9. The molecule has 0 saturated carbocycles. The molecule has 0 bridgehead atoms. The summed E-state index contributed by atoms with van der Waals surface area (Å²) in [6.07, 6.45) is 1.91. The third-order valence-corrected chi connectivity index (χ3v) is 3.36. The molecular formula is C10H11BrClNO. The molecule has 76 valence electrons. The van der Waals surface area contributed by atoms with Crippen molar-refractivity contribution in [2.45, 2.75) is 18.9 Å². The molecule has 2 nitrogen and oxygen atoms in total. The van der Waals surface area contributed by atoms with Gasteiger partial charge in [0.15, 0.2) is 0 Å². The normalized spacial score (nSPS) is 20.9. The lowest BCUT2D eigenvalue weighted by Gasteiger charge is -2.14. The van der Waals surface area contributed by atoms with Crippen molar-refractivity contribution in [1.29, 1.82) is 0 Å². The molecule has 0 saturated heterocycles. The molecule has 0 fully saturated rings. The van der Waals surface area contributed by atoms with Crippen molar-refractivity contribution in [1.82, 2.24) is 0 Å². The molecule has 0 aromatic heterocycles. The Labute approximate surface area is 96.5 Å². The minimum absolute atomic E-state index is 0.0144. The molecular weight excluding hydrogens is 265 g/mol. The zero-order chi connectivity index (χ0) is 10.1. The Morgan fingerprint density at radius 2 is 2.29 bits per heavy atom. The fourth-order valence-corrected chi connectivity index (χ4v) is 2.49. The predicted octanol–water partition coefficient (Wildman–Crippen LogP) is 3.27. The van der Waals surface area contributed by atoms with Crippen LogP contribution in [-0.2, 0) is 0 Å². The van der Waals surface area contributed by atoms with Crippen LogP contribution >= 0.6 is 27.5 Å². The lowest BCUT2D eigenvalue weighted by Crippen LogP contribution is -2.09. The zero-order valence-corrected chi connectivity index (χ0v) is 9.94. The molecule has 0 amide bonds. The van der Waals surface area contributed by atoms with Crippen LogP contribution in [0, 0.1) is 0 Å². The van der Waals surface area contributed by atoms with Gasteiger partial charge in [0.25, 0.3) is 0 Å². The van der Waals surface area contributed by atoms with Gasteiger partial charge in [-0.25, -0.2) is 0 Å². The highest BCUT2D eigenvalue weighted by Gasteiger charge is 2.21. The van der Waals surface area contributed by atoms with Gasteiger partial charge in [0.05, 0.1) is 11.6 Å². The second kappa shape index (κ2) is 4.09. The summed E-state index contributed by atoms with van der Waals surface area (Å²) >= 11 is 9.52. The number of fused-ring (bicyclic) bond motifs is 1. The van der Waals surface area contributed by atoms with Gasteiger partial charge < -0.3 is 10.5 Å². The van der Waals surface area contributed by atoms with Crippen molar-refractivity contribution in [3.05, 3.63) is 27.2 Å². The van der Waals surface area contributed by atoms with Gasteiger partial charge in [-0.15, -0.1) is 0 Å². The zero-order valence-electron chi connectivity index (χ0n) is 7.59. The highest BCUT2D eigenvalue weighted by Crippen LogP contribution is 2.40.